The van der Waals surface area contributed by atoms with E-state index < -0.39 is 33.0 Å². The highest BCUT2D eigenvalue weighted by atomic mass is 32.2. The van der Waals surface area contributed by atoms with Crippen LogP contribution in [0.25, 0.3) is 0 Å². The minimum atomic E-state index is -5.86. The molecular formula is C20H30F2O7S. The number of carbonyl (C=O) groups excluding carboxylic acids is 1. The van der Waals surface area contributed by atoms with Crippen LogP contribution >= 0.6 is 0 Å². The van der Waals surface area contributed by atoms with E-state index in [1.807, 2.05) is 0 Å². The van der Waals surface area contributed by atoms with E-state index in [2.05, 4.69) is 0 Å². The Morgan fingerprint density at radius 3 is 2.30 bits per heavy atom. The number of hydrogen-bond acceptors (Lipinski definition) is 6. The molecule has 10 heteroatoms. The summed E-state index contributed by atoms with van der Waals surface area (Å²) in [6.07, 6.45) is 8.90. The fourth-order valence-corrected chi connectivity index (χ4v) is 6.56. The molecule has 5 rings (SSSR count). The lowest BCUT2D eigenvalue weighted by molar-refractivity contribution is -0.243. The van der Waals surface area contributed by atoms with Crippen molar-refractivity contribution in [2.45, 2.75) is 81.2 Å². The van der Waals surface area contributed by atoms with Crippen LogP contribution in [0.5, 0.6) is 0 Å². The molecule has 4 bridgehead atoms. The van der Waals surface area contributed by atoms with Gasteiger partial charge in [0.25, 0.3) is 0 Å². The van der Waals surface area contributed by atoms with E-state index in [1.54, 1.807) is 0 Å². The van der Waals surface area contributed by atoms with Gasteiger partial charge < -0.3 is 14.2 Å². The Morgan fingerprint density at radius 1 is 1.07 bits per heavy atom. The molecule has 0 heterocycles. The van der Waals surface area contributed by atoms with Crippen LogP contribution in [0.3, 0.4) is 0 Å². The second-order valence-corrected chi connectivity index (χ2v) is 11.1. The van der Waals surface area contributed by atoms with Gasteiger partial charge in [-0.2, -0.15) is 17.2 Å². The van der Waals surface area contributed by atoms with Gasteiger partial charge in [-0.1, -0.05) is 19.3 Å². The first-order valence-electron chi connectivity index (χ1n) is 10.9. The van der Waals surface area contributed by atoms with E-state index in [0.29, 0.717) is 31.3 Å². The molecule has 0 aromatic rings. The molecule has 30 heavy (non-hydrogen) atoms. The van der Waals surface area contributed by atoms with Crippen molar-refractivity contribution >= 4 is 16.1 Å². The van der Waals surface area contributed by atoms with Crippen LogP contribution in [0.1, 0.15) is 64.2 Å². The van der Waals surface area contributed by atoms with Gasteiger partial charge in [0.05, 0.1) is 12.2 Å². The Kier molecular flexibility index (Phi) is 6.15. The summed E-state index contributed by atoms with van der Waals surface area (Å²) < 4.78 is 74.4. The zero-order valence-electron chi connectivity index (χ0n) is 16.9. The van der Waals surface area contributed by atoms with Crippen molar-refractivity contribution in [1.82, 2.24) is 0 Å². The number of alkyl halides is 2. The third-order valence-electron chi connectivity index (χ3n) is 7.46. The van der Waals surface area contributed by atoms with Gasteiger partial charge in [-0.25, -0.2) is 4.79 Å². The van der Waals surface area contributed by atoms with Gasteiger partial charge in [0.1, 0.15) is 12.9 Å². The summed E-state index contributed by atoms with van der Waals surface area (Å²) in [5, 5.41) is -4.96. The van der Waals surface area contributed by atoms with E-state index >= 15 is 0 Å². The van der Waals surface area contributed by atoms with Crippen LogP contribution in [-0.4, -0.2) is 49.3 Å². The molecule has 1 N–H and O–H groups in total. The number of esters is 1. The zero-order valence-corrected chi connectivity index (χ0v) is 17.7. The molecular weight excluding hydrogens is 422 g/mol. The van der Waals surface area contributed by atoms with Gasteiger partial charge in [-0.3, -0.25) is 4.55 Å². The SMILES string of the molecule is O=C(OC1C2CC3CC1CC(OCOCC1CCCCC1)(C3)C2)C(F)(F)S(=O)(=O)O. The average molecular weight is 453 g/mol. The van der Waals surface area contributed by atoms with Gasteiger partial charge in [-0.05, 0) is 68.6 Å². The number of hydrogen-bond donors (Lipinski definition) is 1. The molecule has 0 spiro atoms. The number of ether oxygens (including phenoxy) is 3. The third kappa shape index (κ3) is 4.38. The lowest BCUT2D eigenvalue weighted by atomic mass is 9.53. The molecule has 0 aliphatic heterocycles. The van der Waals surface area contributed by atoms with Crippen LogP contribution in [0, 0.1) is 23.7 Å². The van der Waals surface area contributed by atoms with Crippen LogP contribution in [-0.2, 0) is 29.1 Å². The predicted octanol–water partition coefficient (Wildman–Crippen LogP) is 3.53. The van der Waals surface area contributed by atoms with Crippen LogP contribution in [0.2, 0.25) is 0 Å². The van der Waals surface area contributed by atoms with E-state index in [-0.39, 0.29) is 18.6 Å². The van der Waals surface area contributed by atoms with Crippen LogP contribution in [0.15, 0.2) is 0 Å². The summed E-state index contributed by atoms with van der Waals surface area (Å²) >= 11 is 0. The van der Waals surface area contributed by atoms with E-state index in [9.17, 15) is 22.0 Å². The van der Waals surface area contributed by atoms with Crippen molar-refractivity contribution < 1.29 is 40.8 Å². The minimum absolute atomic E-state index is 0.157. The molecule has 0 amide bonds. The lowest BCUT2D eigenvalue weighted by Gasteiger charge is -2.58. The Bertz CT molecular complexity index is 734. The maximum atomic E-state index is 13.6. The fourth-order valence-electron chi connectivity index (χ4n) is 6.31. The van der Waals surface area contributed by atoms with Gasteiger partial charge in [0.2, 0.25) is 0 Å². The maximum absolute atomic E-state index is 13.6. The summed E-state index contributed by atoms with van der Waals surface area (Å²) in [5.41, 5.74) is -0.391. The Labute approximate surface area is 175 Å². The molecule has 2 atom stereocenters. The van der Waals surface area contributed by atoms with Gasteiger partial charge in [-0.15, -0.1) is 0 Å². The summed E-state index contributed by atoms with van der Waals surface area (Å²) in [5.74, 6) is -1.55. The smallest absolute Gasteiger partial charge is 0.456 e. The minimum Gasteiger partial charge on any atom is -0.456 e. The Hall–Kier alpha value is -0.840. The standard InChI is InChI=1S/C20H30F2O7S/c21-20(22,30(24,25)26)18(23)29-17-15-6-14-7-16(17)10-19(8-14,9-15)28-12-27-11-13-4-2-1-3-5-13/h13-17H,1-12H2,(H,24,25,26). The van der Waals surface area contributed by atoms with Gasteiger partial charge in [0, 0.05) is 0 Å². The third-order valence-corrected chi connectivity index (χ3v) is 8.28. The molecule has 0 aromatic heterocycles. The average Bonchev–Trinajstić information content (AvgIpc) is 2.67. The quantitative estimate of drug-likeness (QED) is 0.260. The molecule has 2 unspecified atom stereocenters. The van der Waals surface area contributed by atoms with Crippen molar-refractivity contribution in [2.75, 3.05) is 13.4 Å². The van der Waals surface area contributed by atoms with Gasteiger partial charge in [0.15, 0.2) is 0 Å². The lowest BCUT2D eigenvalue weighted by Crippen LogP contribution is -2.59. The molecule has 0 radical (unpaired) electrons. The number of carbonyl (C=O) groups is 1. The summed E-state index contributed by atoms with van der Waals surface area (Å²) in [7, 11) is -5.86. The summed E-state index contributed by atoms with van der Waals surface area (Å²) in [6.45, 7) is 0.894. The zero-order chi connectivity index (χ0) is 21.6. The molecule has 5 aliphatic carbocycles. The van der Waals surface area contributed by atoms with Crippen molar-refractivity contribution in [2.24, 2.45) is 23.7 Å². The highest BCUT2D eigenvalue weighted by Gasteiger charge is 2.60. The molecule has 7 nitrogen and oxygen atoms in total. The highest BCUT2D eigenvalue weighted by Crippen LogP contribution is 2.58. The first-order chi connectivity index (χ1) is 14.1. The second-order valence-electron chi connectivity index (χ2n) is 9.65. The molecule has 5 fully saturated rings. The first-order valence-corrected chi connectivity index (χ1v) is 12.3. The largest absolute Gasteiger partial charge is 0.465 e. The summed E-state index contributed by atoms with van der Waals surface area (Å²) in [4.78, 5) is 11.8. The predicted molar refractivity (Wildman–Crippen MR) is 101 cm³/mol. The first kappa shape index (κ1) is 22.4. The van der Waals surface area contributed by atoms with Crippen molar-refractivity contribution in [3.8, 4) is 0 Å². The molecule has 5 saturated carbocycles. The Morgan fingerprint density at radius 2 is 1.70 bits per heavy atom. The topological polar surface area (TPSA) is 99.1 Å². The molecule has 5 aliphatic rings. The van der Waals surface area contributed by atoms with Crippen molar-refractivity contribution in [3.63, 3.8) is 0 Å². The molecule has 0 aromatic carbocycles. The van der Waals surface area contributed by atoms with E-state index in [4.69, 9.17) is 18.8 Å². The number of halogens is 2. The van der Waals surface area contributed by atoms with Crippen molar-refractivity contribution in [3.05, 3.63) is 0 Å². The van der Waals surface area contributed by atoms with Crippen LogP contribution in [0.4, 0.5) is 8.78 Å². The monoisotopic (exact) mass is 452 g/mol. The highest BCUT2D eigenvalue weighted by molar-refractivity contribution is 7.87. The van der Waals surface area contributed by atoms with Crippen molar-refractivity contribution in [1.29, 1.82) is 0 Å². The van der Waals surface area contributed by atoms with E-state index in [1.165, 1.54) is 32.1 Å². The van der Waals surface area contributed by atoms with Gasteiger partial charge >= 0.3 is 21.3 Å². The summed E-state index contributed by atoms with van der Waals surface area (Å²) in [6, 6.07) is 0. The number of rotatable bonds is 8. The van der Waals surface area contributed by atoms with Crippen LogP contribution < -0.4 is 0 Å². The Balaban J connectivity index is 1.32. The molecule has 172 valence electrons. The normalized spacial score (nSPS) is 36.8. The van der Waals surface area contributed by atoms with E-state index in [0.717, 1.165) is 19.3 Å². The maximum Gasteiger partial charge on any atom is 0.465 e. The molecule has 0 saturated heterocycles. The fraction of sp³-hybridized carbons (Fsp3) is 0.950. The second kappa shape index (κ2) is 8.26.